The maximum absolute atomic E-state index is 12.3. The fourth-order valence-electron chi connectivity index (χ4n) is 3.19. The lowest BCUT2D eigenvalue weighted by Crippen LogP contribution is -2.17. The van der Waals surface area contributed by atoms with Crippen molar-refractivity contribution in [3.05, 3.63) is 71.0 Å². The van der Waals surface area contributed by atoms with Crippen LogP contribution in [-0.2, 0) is 4.79 Å². The van der Waals surface area contributed by atoms with Gasteiger partial charge < -0.3 is 10.3 Å². The number of nitrogens with one attached hydrogen (secondary N) is 3. The highest BCUT2D eigenvalue weighted by atomic mass is 32.1. The normalized spacial score (nSPS) is 11.1. The minimum atomic E-state index is -0.308. The molecule has 0 spiro atoms. The SMILES string of the molecule is CNC(=O)c1cncc(/C=C/C(=O)Nc2nc(-c3c(C)[nH]c4ccccc34)cs2)c1. The summed E-state index contributed by atoms with van der Waals surface area (Å²) in [5.41, 5.74) is 5.02. The van der Waals surface area contributed by atoms with Gasteiger partial charge in [0.15, 0.2) is 5.13 Å². The van der Waals surface area contributed by atoms with E-state index in [1.54, 1.807) is 25.4 Å². The van der Waals surface area contributed by atoms with Crippen LogP contribution in [0.2, 0.25) is 0 Å². The third-order valence-electron chi connectivity index (χ3n) is 4.56. The van der Waals surface area contributed by atoms with Crippen molar-refractivity contribution in [3.8, 4) is 11.3 Å². The van der Waals surface area contributed by atoms with Gasteiger partial charge in [0.05, 0.1) is 11.3 Å². The lowest BCUT2D eigenvalue weighted by molar-refractivity contribution is -0.111. The highest BCUT2D eigenvalue weighted by molar-refractivity contribution is 7.14. The lowest BCUT2D eigenvalue weighted by atomic mass is 10.1. The van der Waals surface area contributed by atoms with Crippen LogP contribution < -0.4 is 10.6 Å². The van der Waals surface area contributed by atoms with Gasteiger partial charge in [-0.25, -0.2) is 4.98 Å². The fourth-order valence-corrected chi connectivity index (χ4v) is 3.89. The van der Waals surface area contributed by atoms with Gasteiger partial charge in [0.1, 0.15) is 0 Å². The first-order valence-electron chi connectivity index (χ1n) is 9.24. The summed E-state index contributed by atoms with van der Waals surface area (Å²) in [7, 11) is 1.55. The van der Waals surface area contributed by atoms with Crippen LogP contribution in [0.15, 0.2) is 54.2 Å². The van der Waals surface area contributed by atoms with Crippen molar-refractivity contribution in [1.29, 1.82) is 0 Å². The number of aromatic nitrogens is 3. The number of hydrogen-bond acceptors (Lipinski definition) is 5. The van der Waals surface area contributed by atoms with Gasteiger partial charge in [-0.15, -0.1) is 11.3 Å². The number of fused-ring (bicyclic) bond motifs is 1. The number of H-pyrrole nitrogens is 1. The molecule has 150 valence electrons. The number of amides is 2. The molecule has 3 heterocycles. The van der Waals surface area contributed by atoms with E-state index < -0.39 is 0 Å². The number of anilines is 1. The first-order chi connectivity index (χ1) is 14.5. The third-order valence-corrected chi connectivity index (χ3v) is 5.32. The van der Waals surface area contributed by atoms with Gasteiger partial charge in [-0.05, 0) is 30.7 Å². The number of aryl methyl sites for hydroxylation is 1. The molecule has 30 heavy (non-hydrogen) atoms. The molecule has 0 bridgehead atoms. The van der Waals surface area contributed by atoms with E-state index in [1.165, 1.54) is 23.6 Å². The van der Waals surface area contributed by atoms with Crippen molar-refractivity contribution in [2.75, 3.05) is 12.4 Å². The van der Waals surface area contributed by atoms with E-state index in [-0.39, 0.29) is 11.8 Å². The zero-order valence-corrected chi connectivity index (χ0v) is 17.2. The van der Waals surface area contributed by atoms with Gasteiger partial charge in [0, 0.05) is 53.1 Å². The van der Waals surface area contributed by atoms with Crippen molar-refractivity contribution in [2.24, 2.45) is 0 Å². The lowest BCUT2D eigenvalue weighted by Gasteiger charge is -2.00. The molecule has 0 aliphatic carbocycles. The summed E-state index contributed by atoms with van der Waals surface area (Å²) in [6.07, 6.45) is 6.05. The number of aromatic amines is 1. The Morgan fingerprint density at radius 2 is 2.03 bits per heavy atom. The van der Waals surface area contributed by atoms with Crippen LogP contribution in [0, 0.1) is 6.92 Å². The quantitative estimate of drug-likeness (QED) is 0.427. The third kappa shape index (κ3) is 3.99. The predicted molar refractivity (Wildman–Crippen MR) is 119 cm³/mol. The van der Waals surface area contributed by atoms with E-state index in [0.29, 0.717) is 16.3 Å². The minimum Gasteiger partial charge on any atom is -0.358 e. The average Bonchev–Trinajstić information content (AvgIpc) is 3.34. The van der Waals surface area contributed by atoms with Crippen molar-refractivity contribution in [2.45, 2.75) is 6.92 Å². The average molecular weight is 417 g/mol. The Kier molecular flexibility index (Phi) is 5.40. The Labute approximate surface area is 176 Å². The Hall–Kier alpha value is -3.78. The second-order valence-corrected chi connectivity index (χ2v) is 7.48. The highest BCUT2D eigenvalue weighted by Gasteiger charge is 2.14. The Morgan fingerprint density at radius 3 is 2.87 bits per heavy atom. The van der Waals surface area contributed by atoms with Crippen LogP contribution in [0.3, 0.4) is 0 Å². The number of para-hydroxylation sites is 1. The van der Waals surface area contributed by atoms with Gasteiger partial charge in [0.2, 0.25) is 5.91 Å². The molecule has 7 nitrogen and oxygen atoms in total. The number of carbonyl (C=O) groups excluding carboxylic acids is 2. The van der Waals surface area contributed by atoms with Crippen LogP contribution >= 0.6 is 11.3 Å². The molecule has 0 saturated heterocycles. The summed E-state index contributed by atoms with van der Waals surface area (Å²) < 4.78 is 0. The number of pyridine rings is 1. The first-order valence-corrected chi connectivity index (χ1v) is 10.1. The summed E-state index contributed by atoms with van der Waals surface area (Å²) in [6.45, 7) is 2.01. The summed E-state index contributed by atoms with van der Waals surface area (Å²) in [4.78, 5) is 35.9. The maximum atomic E-state index is 12.3. The molecular formula is C22H19N5O2S. The fraction of sp³-hybridized carbons (Fsp3) is 0.0909. The molecule has 1 aromatic carbocycles. The highest BCUT2D eigenvalue weighted by Crippen LogP contribution is 2.33. The molecule has 3 N–H and O–H groups in total. The Bertz CT molecular complexity index is 1270. The first kappa shape index (κ1) is 19.5. The Balaban J connectivity index is 1.49. The molecule has 4 aromatic rings. The molecule has 0 atom stereocenters. The topological polar surface area (TPSA) is 99.8 Å². The molecule has 2 amide bonds. The van der Waals surface area contributed by atoms with Crippen molar-refractivity contribution in [3.63, 3.8) is 0 Å². The molecule has 0 radical (unpaired) electrons. The molecular weight excluding hydrogens is 398 g/mol. The largest absolute Gasteiger partial charge is 0.358 e. The molecule has 0 unspecified atom stereocenters. The number of nitrogens with zero attached hydrogens (tertiary/aromatic N) is 2. The zero-order valence-electron chi connectivity index (χ0n) is 16.4. The van der Waals surface area contributed by atoms with Gasteiger partial charge >= 0.3 is 0 Å². The molecule has 3 aromatic heterocycles. The van der Waals surface area contributed by atoms with E-state index in [1.807, 2.05) is 30.5 Å². The molecule has 0 saturated carbocycles. The number of thiazole rings is 1. The number of hydrogen-bond donors (Lipinski definition) is 3. The minimum absolute atomic E-state index is 0.231. The summed E-state index contributed by atoms with van der Waals surface area (Å²) >= 11 is 1.37. The smallest absolute Gasteiger partial charge is 0.252 e. The van der Waals surface area contributed by atoms with Gasteiger partial charge in [-0.2, -0.15) is 0 Å². The van der Waals surface area contributed by atoms with Crippen LogP contribution in [0.1, 0.15) is 21.6 Å². The number of rotatable bonds is 5. The summed E-state index contributed by atoms with van der Waals surface area (Å²) in [5.74, 6) is -0.540. The van der Waals surface area contributed by atoms with Crippen LogP contribution in [0.4, 0.5) is 5.13 Å². The van der Waals surface area contributed by atoms with Gasteiger partial charge in [-0.1, -0.05) is 18.2 Å². The zero-order chi connectivity index (χ0) is 21.1. The van der Waals surface area contributed by atoms with E-state index in [9.17, 15) is 9.59 Å². The summed E-state index contributed by atoms with van der Waals surface area (Å²) in [5, 5.41) is 8.87. The van der Waals surface area contributed by atoms with Crippen molar-refractivity contribution in [1.82, 2.24) is 20.3 Å². The second kappa shape index (κ2) is 8.30. The van der Waals surface area contributed by atoms with Gasteiger partial charge in [-0.3, -0.25) is 19.9 Å². The molecule has 4 rings (SSSR count). The van der Waals surface area contributed by atoms with E-state index in [0.717, 1.165) is 27.9 Å². The Morgan fingerprint density at radius 1 is 1.20 bits per heavy atom. The number of benzene rings is 1. The van der Waals surface area contributed by atoms with E-state index in [2.05, 4.69) is 31.7 Å². The van der Waals surface area contributed by atoms with Crippen LogP contribution in [0.25, 0.3) is 28.2 Å². The van der Waals surface area contributed by atoms with Gasteiger partial charge in [0.25, 0.3) is 5.91 Å². The predicted octanol–water partition coefficient (Wildman–Crippen LogP) is 4.01. The van der Waals surface area contributed by atoms with E-state index in [4.69, 9.17) is 0 Å². The van der Waals surface area contributed by atoms with Crippen LogP contribution in [0.5, 0.6) is 0 Å². The maximum Gasteiger partial charge on any atom is 0.252 e. The second-order valence-electron chi connectivity index (χ2n) is 6.62. The molecule has 0 aliphatic heterocycles. The molecule has 8 heteroatoms. The van der Waals surface area contributed by atoms with Crippen molar-refractivity contribution < 1.29 is 9.59 Å². The molecule has 0 fully saturated rings. The number of carbonyl (C=O) groups is 2. The standard InChI is InChI=1S/C22H19N5O2S/c1-13-20(16-5-3-4-6-17(16)25-13)18-12-30-22(26-18)27-19(28)8-7-14-9-15(11-24-10-14)21(29)23-2/h3-12,25H,1-2H3,(H,23,29)(H,26,27,28)/b8-7+. The van der Waals surface area contributed by atoms with Crippen molar-refractivity contribution >= 4 is 45.3 Å². The van der Waals surface area contributed by atoms with E-state index >= 15 is 0 Å². The monoisotopic (exact) mass is 417 g/mol. The summed E-state index contributed by atoms with van der Waals surface area (Å²) in [6, 6.07) is 9.72. The van der Waals surface area contributed by atoms with Crippen LogP contribution in [-0.4, -0.2) is 33.8 Å². The molecule has 0 aliphatic rings.